The molecule has 1 aliphatic rings. The molecule has 0 unspecified atom stereocenters. The van der Waals surface area contributed by atoms with Crippen molar-refractivity contribution in [2.75, 3.05) is 19.7 Å². The summed E-state index contributed by atoms with van der Waals surface area (Å²) in [5.74, 6) is -1.36. The van der Waals surface area contributed by atoms with Crippen LogP contribution < -0.4 is 0 Å². The maximum absolute atomic E-state index is 13.7. The molecule has 5 nitrogen and oxygen atoms in total. The summed E-state index contributed by atoms with van der Waals surface area (Å²) in [5.41, 5.74) is 0.886. The molecule has 7 heteroatoms. The van der Waals surface area contributed by atoms with Gasteiger partial charge in [-0.05, 0) is 31.0 Å². The number of halogens is 2. The molecule has 1 aliphatic heterocycles. The maximum atomic E-state index is 13.7. The number of hydrogen-bond donors (Lipinski definition) is 1. The number of aliphatic hydroxyl groups is 1. The first-order chi connectivity index (χ1) is 12.1. The zero-order chi connectivity index (χ0) is 17.8. The van der Waals surface area contributed by atoms with Gasteiger partial charge in [-0.15, -0.1) is 0 Å². The van der Waals surface area contributed by atoms with Crippen LogP contribution in [0.25, 0.3) is 0 Å². The van der Waals surface area contributed by atoms with E-state index in [1.54, 1.807) is 15.8 Å². The molecule has 0 bridgehead atoms. The van der Waals surface area contributed by atoms with Gasteiger partial charge in [0.05, 0.1) is 19.6 Å². The summed E-state index contributed by atoms with van der Waals surface area (Å²) >= 11 is 0. The van der Waals surface area contributed by atoms with Crippen LogP contribution in [0.3, 0.4) is 0 Å². The number of benzene rings is 1. The third-order valence-corrected chi connectivity index (χ3v) is 4.72. The van der Waals surface area contributed by atoms with Crippen molar-refractivity contribution in [3.63, 3.8) is 0 Å². The van der Waals surface area contributed by atoms with E-state index < -0.39 is 11.6 Å². The molecule has 1 N–H and O–H groups in total. The van der Waals surface area contributed by atoms with Crippen LogP contribution >= 0.6 is 0 Å². The van der Waals surface area contributed by atoms with Crippen molar-refractivity contribution in [2.24, 2.45) is 0 Å². The number of rotatable bonds is 5. The first-order valence-corrected chi connectivity index (χ1v) is 8.43. The second-order valence-corrected chi connectivity index (χ2v) is 6.23. The Morgan fingerprint density at radius 1 is 1.20 bits per heavy atom. The Labute approximate surface area is 144 Å². The number of aromatic nitrogens is 2. The number of carbonyl (C=O) groups excluding carboxylic acids is 1. The molecule has 3 rings (SSSR count). The van der Waals surface area contributed by atoms with Gasteiger partial charge in [0, 0.05) is 36.5 Å². The van der Waals surface area contributed by atoms with Crippen LogP contribution in [0.5, 0.6) is 0 Å². The molecular weight excluding hydrogens is 328 g/mol. The minimum absolute atomic E-state index is 0.0280. The third kappa shape index (κ3) is 3.87. The summed E-state index contributed by atoms with van der Waals surface area (Å²) in [6.07, 6.45) is 2.99. The SMILES string of the molecule is O=C(Cc1c(F)cccc1F)N1CCC(c2ccnn2CCO)CC1. The summed E-state index contributed by atoms with van der Waals surface area (Å²) in [7, 11) is 0. The Morgan fingerprint density at radius 3 is 2.52 bits per heavy atom. The smallest absolute Gasteiger partial charge is 0.227 e. The molecule has 1 fully saturated rings. The number of piperidine rings is 1. The number of aliphatic hydroxyl groups excluding tert-OH is 1. The van der Waals surface area contributed by atoms with E-state index in [9.17, 15) is 13.6 Å². The van der Waals surface area contributed by atoms with Gasteiger partial charge in [0.15, 0.2) is 0 Å². The molecule has 134 valence electrons. The Bertz CT molecular complexity index is 719. The lowest BCUT2D eigenvalue weighted by atomic mass is 9.93. The number of nitrogens with zero attached hydrogens (tertiary/aromatic N) is 3. The van der Waals surface area contributed by atoms with Crippen molar-refractivity contribution in [1.29, 1.82) is 0 Å². The zero-order valence-corrected chi connectivity index (χ0v) is 13.9. The van der Waals surface area contributed by atoms with Crippen molar-refractivity contribution in [1.82, 2.24) is 14.7 Å². The molecule has 0 radical (unpaired) electrons. The van der Waals surface area contributed by atoms with E-state index in [0.717, 1.165) is 18.5 Å². The van der Waals surface area contributed by atoms with Gasteiger partial charge in [0.2, 0.25) is 5.91 Å². The first-order valence-electron chi connectivity index (χ1n) is 8.43. The summed E-state index contributed by atoms with van der Waals surface area (Å²) in [6, 6.07) is 5.56. The maximum Gasteiger partial charge on any atom is 0.227 e. The van der Waals surface area contributed by atoms with Crippen molar-refractivity contribution in [3.8, 4) is 0 Å². The van der Waals surface area contributed by atoms with E-state index >= 15 is 0 Å². The summed E-state index contributed by atoms with van der Waals surface area (Å²) < 4.78 is 29.2. The van der Waals surface area contributed by atoms with Gasteiger partial charge in [-0.25, -0.2) is 8.78 Å². The van der Waals surface area contributed by atoms with Crippen molar-refractivity contribution >= 4 is 5.91 Å². The van der Waals surface area contributed by atoms with Crippen LogP contribution in [-0.4, -0.2) is 45.4 Å². The van der Waals surface area contributed by atoms with E-state index in [2.05, 4.69) is 5.10 Å². The number of likely N-dealkylation sites (tertiary alicyclic amines) is 1. The molecule has 0 atom stereocenters. The monoisotopic (exact) mass is 349 g/mol. The van der Waals surface area contributed by atoms with Gasteiger partial charge < -0.3 is 10.0 Å². The van der Waals surface area contributed by atoms with E-state index in [-0.39, 0.29) is 30.4 Å². The molecule has 2 aromatic rings. The number of amides is 1. The highest BCUT2D eigenvalue weighted by Gasteiger charge is 2.26. The predicted octanol–water partition coefficient (Wildman–Crippen LogP) is 2.10. The van der Waals surface area contributed by atoms with Gasteiger partial charge in [-0.3, -0.25) is 9.48 Å². The third-order valence-electron chi connectivity index (χ3n) is 4.72. The lowest BCUT2D eigenvalue weighted by Gasteiger charge is -2.32. The summed E-state index contributed by atoms with van der Waals surface area (Å²) in [5, 5.41) is 13.3. The standard InChI is InChI=1S/C18H21F2N3O2/c19-15-2-1-3-16(20)14(15)12-18(25)22-8-5-13(6-9-22)17-4-7-21-23(17)10-11-24/h1-4,7,13,24H,5-6,8-12H2. The lowest BCUT2D eigenvalue weighted by Crippen LogP contribution is -2.39. The average Bonchev–Trinajstić information content (AvgIpc) is 3.07. The highest BCUT2D eigenvalue weighted by molar-refractivity contribution is 5.79. The fraction of sp³-hybridized carbons (Fsp3) is 0.444. The average molecular weight is 349 g/mol. The summed E-state index contributed by atoms with van der Waals surface area (Å²) in [6.45, 7) is 1.57. The fourth-order valence-electron chi connectivity index (χ4n) is 3.36. The Balaban J connectivity index is 1.60. The van der Waals surface area contributed by atoms with Crippen LogP contribution in [0.1, 0.15) is 30.0 Å². The normalized spacial score (nSPS) is 15.6. The molecule has 0 aliphatic carbocycles. The zero-order valence-electron chi connectivity index (χ0n) is 13.9. The van der Waals surface area contributed by atoms with E-state index in [0.29, 0.717) is 19.6 Å². The van der Waals surface area contributed by atoms with E-state index in [1.807, 2.05) is 6.07 Å². The lowest BCUT2D eigenvalue weighted by molar-refractivity contribution is -0.131. The molecule has 0 spiro atoms. The second-order valence-electron chi connectivity index (χ2n) is 6.23. The van der Waals surface area contributed by atoms with Gasteiger partial charge in [0.25, 0.3) is 0 Å². The van der Waals surface area contributed by atoms with Crippen LogP contribution in [0.2, 0.25) is 0 Å². The Hall–Kier alpha value is -2.28. The topological polar surface area (TPSA) is 58.4 Å². The molecular formula is C18H21F2N3O2. The highest BCUT2D eigenvalue weighted by atomic mass is 19.1. The highest BCUT2D eigenvalue weighted by Crippen LogP contribution is 2.28. The molecule has 0 saturated carbocycles. The molecule has 1 aromatic carbocycles. The minimum atomic E-state index is -0.684. The van der Waals surface area contributed by atoms with Gasteiger partial charge >= 0.3 is 0 Å². The van der Waals surface area contributed by atoms with Gasteiger partial charge in [-0.2, -0.15) is 5.10 Å². The van der Waals surface area contributed by atoms with Crippen molar-refractivity contribution < 1.29 is 18.7 Å². The second kappa shape index (κ2) is 7.74. The fourth-order valence-corrected chi connectivity index (χ4v) is 3.36. The van der Waals surface area contributed by atoms with Crippen molar-refractivity contribution in [2.45, 2.75) is 31.7 Å². The molecule has 25 heavy (non-hydrogen) atoms. The van der Waals surface area contributed by atoms with Crippen LogP contribution in [0.15, 0.2) is 30.5 Å². The van der Waals surface area contributed by atoms with E-state index in [4.69, 9.17) is 5.11 Å². The Kier molecular flexibility index (Phi) is 5.43. The first kappa shape index (κ1) is 17.5. The number of hydrogen-bond acceptors (Lipinski definition) is 3. The van der Waals surface area contributed by atoms with Crippen molar-refractivity contribution in [3.05, 3.63) is 53.4 Å². The largest absolute Gasteiger partial charge is 0.394 e. The van der Waals surface area contributed by atoms with Crippen LogP contribution in [-0.2, 0) is 17.8 Å². The molecule has 1 saturated heterocycles. The van der Waals surface area contributed by atoms with Crippen LogP contribution in [0, 0.1) is 11.6 Å². The minimum Gasteiger partial charge on any atom is -0.394 e. The van der Waals surface area contributed by atoms with Crippen LogP contribution in [0.4, 0.5) is 8.78 Å². The molecule has 1 aromatic heterocycles. The number of carbonyl (C=O) groups is 1. The predicted molar refractivity (Wildman–Crippen MR) is 87.9 cm³/mol. The van der Waals surface area contributed by atoms with Gasteiger partial charge in [0.1, 0.15) is 11.6 Å². The molecule has 2 heterocycles. The summed E-state index contributed by atoms with van der Waals surface area (Å²) in [4.78, 5) is 14.0. The Morgan fingerprint density at radius 2 is 1.88 bits per heavy atom. The van der Waals surface area contributed by atoms with Gasteiger partial charge in [-0.1, -0.05) is 6.07 Å². The quantitative estimate of drug-likeness (QED) is 0.899. The molecule has 1 amide bonds. The van der Waals surface area contributed by atoms with E-state index in [1.165, 1.54) is 18.2 Å².